The van der Waals surface area contributed by atoms with Crippen LogP contribution in [-0.4, -0.2) is 35.7 Å². The Morgan fingerprint density at radius 2 is 1.69 bits per heavy atom. The van der Waals surface area contributed by atoms with Gasteiger partial charge in [-0.15, -0.1) is 0 Å². The summed E-state index contributed by atoms with van der Waals surface area (Å²) in [5, 5.41) is 11.4. The molecule has 1 amide bonds. The first-order valence-corrected chi connectivity index (χ1v) is 5.19. The molecule has 5 heteroatoms. The largest absolute Gasteiger partial charge is 0.481 e. The van der Waals surface area contributed by atoms with Gasteiger partial charge in [0, 0.05) is 6.54 Å². The number of carbonyl (C=O) groups is 2. The second-order valence-corrected chi connectivity index (χ2v) is 5.37. The predicted octanol–water partition coefficient (Wildman–Crippen LogP) is 1.03. The first-order valence-electron chi connectivity index (χ1n) is 5.19. The van der Waals surface area contributed by atoms with E-state index in [4.69, 9.17) is 9.84 Å². The number of rotatable bonds is 5. The van der Waals surface area contributed by atoms with E-state index < -0.39 is 11.4 Å². The van der Waals surface area contributed by atoms with Gasteiger partial charge in [0.2, 0.25) is 5.91 Å². The summed E-state index contributed by atoms with van der Waals surface area (Å²) in [6, 6.07) is 0. The Morgan fingerprint density at radius 3 is 2.06 bits per heavy atom. The fraction of sp³-hybridized carbons (Fsp3) is 0.818. The molecule has 0 unspecified atom stereocenters. The zero-order valence-corrected chi connectivity index (χ0v) is 10.6. The summed E-state index contributed by atoms with van der Waals surface area (Å²) in [5.74, 6) is -1.24. The first-order chi connectivity index (χ1) is 7.04. The second-order valence-electron chi connectivity index (χ2n) is 5.37. The van der Waals surface area contributed by atoms with Gasteiger partial charge in [-0.1, -0.05) is 0 Å². The number of nitrogens with one attached hydrogen (secondary N) is 1. The van der Waals surface area contributed by atoms with Crippen molar-refractivity contribution >= 4 is 11.9 Å². The van der Waals surface area contributed by atoms with Crippen molar-refractivity contribution < 1.29 is 19.4 Å². The van der Waals surface area contributed by atoms with Crippen LogP contribution >= 0.6 is 0 Å². The van der Waals surface area contributed by atoms with Crippen LogP contribution in [-0.2, 0) is 14.3 Å². The zero-order valence-electron chi connectivity index (χ0n) is 10.6. The standard InChI is InChI=1S/C11H21NO4/c1-10(2,3)16-6-8(13)12-7-11(4,5)9(14)15/h6-7H2,1-5H3,(H,12,13)(H,14,15). The number of aliphatic carboxylic acids is 1. The van der Waals surface area contributed by atoms with Gasteiger partial charge in [0.05, 0.1) is 11.0 Å². The Bertz CT molecular complexity index is 266. The van der Waals surface area contributed by atoms with Gasteiger partial charge in [-0.05, 0) is 34.6 Å². The van der Waals surface area contributed by atoms with Crippen molar-refractivity contribution in [2.45, 2.75) is 40.2 Å². The minimum atomic E-state index is -0.961. The lowest BCUT2D eigenvalue weighted by Gasteiger charge is -2.21. The van der Waals surface area contributed by atoms with Gasteiger partial charge in [0.15, 0.2) is 0 Å². The maximum absolute atomic E-state index is 11.3. The van der Waals surface area contributed by atoms with Crippen molar-refractivity contribution in [2.75, 3.05) is 13.2 Å². The number of hydrogen-bond acceptors (Lipinski definition) is 3. The van der Waals surface area contributed by atoms with Crippen LogP contribution in [0.15, 0.2) is 0 Å². The highest BCUT2D eigenvalue weighted by Crippen LogP contribution is 2.13. The molecule has 0 fully saturated rings. The third-order valence-corrected chi connectivity index (χ3v) is 1.94. The SMILES string of the molecule is CC(C)(C)OCC(=O)NCC(C)(C)C(=O)O. The fourth-order valence-corrected chi connectivity index (χ4v) is 0.728. The first kappa shape index (κ1) is 14.9. The molecule has 2 N–H and O–H groups in total. The van der Waals surface area contributed by atoms with Crippen molar-refractivity contribution in [3.05, 3.63) is 0 Å². The van der Waals surface area contributed by atoms with Crippen molar-refractivity contribution in [3.63, 3.8) is 0 Å². The minimum Gasteiger partial charge on any atom is -0.481 e. The maximum Gasteiger partial charge on any atom is 0.310 e. The number of hydrogen-bond donors (Lipinski definition) is 2. The summed E-state index contributed by atoms with van der Waals surface area (Å²) >= 11 is 0. The molecule has 5 nitrogen and oxygen atoms in total. The van der Waals surface area contributed by atoms with E-state index in [0.29, 0.717) is 0 Å². The van der Waals surface area contributed by atoms with Crippen LogP contribution < -0.4 is 5.32 Å². The van der Waals surface area contributed by atoms with Crippen LogP contribution in [0, 0.1) is 5.41 Å². The maximum atomic E-state index is 11.3. The van der Waals surface area contributed by atoms with Crippen molar-refractivity contribution in [1.82, 2.24) is 5.32 Å². The molecule has 16 heavy (non-hydrogen) atoms. The number of amides is 1. The molecule has 0 atom stereocenters. The summed E-state index contributed by atoms with van der Waals surface area (Å²) in [7, 11) is 0. The van der Waals surface area contributed by atoms with Crippen molar-refractivity contribution in [3.8, 4) is 0 Å². The smallest absolute Gasteiger partial charge is 0.310 e. The Hall–Kier alpha value is -1.10. The molecule has 0 aromatic heterocycles. The third-order valence-electron chi connectivity index (χ3n) is 1.94. The molecule has 0 rings (SSSR count). The average molecular weight is 231 g/mol. The van der Waals surface area contributed by atoms with E-state index in [1.165, 1.54) is 0 Å². The quantitative estimate of drug-likeness (QED) is 0.741. The number of ether oxygens (including phenoxy) is 1. The van der Waals surface area contributed by atoms with Crippen LogP contribution in [0.25, 0.3) is 0 Å². The predicted molar refractivity (Wildman–Crippen MR) is 60.1 cm³/mol. The van der Waals surface area contributed by atoms with Gasteiger partial charge in [-0.25, -0.2) is 0 Å². The highest BCUT2D eigenvalue weighted by atomic mass is 16.5. The normalized spacial score (nSPS) is 12.3. The van der Waals surface area contributed by atoms with Gasteiger partial charge in [-0.2, -0.15) is 0 Å². The van der Waals surface area contributed by atoms with E-state index >= 15 is 0 Å². The second kappa shape index (κ2) is 5.30. The van der Waals surface area contributed by atoms with E-state index in [1.807, 2.05) is 20.8 Å². The monoisotopic (exact) mass is 231 g/mol. The van der Waals surface area contributed by atoms with Gasteiger partial charge in [-0.3, -0.25) is 9.59 Å². The molecule has 0 aromatic rings. The Morgan fingerprint density at radius 1 is 1.19 bits per heavy atom. The van der Waals surface area contributed by atoms with E-state index in [1.54, 1.807) is 13.8 Å². The highest BCUT2D eigenvalue weighted by molar-refractivity contribution is 5.79. The fourth-order valence-electron chi connectivity index (χ4n) is 0.728. The summed E-state index contributed by atoms with van der Waals surface area (Å²) in [6.45, 7) is 8.69. The van der Waals surface area contributed by atoms with Gasteiger partial charge in [0.25, 0.3) is 0 Å². The Balaban J connectivity index is 3.96. The van der Waals surface area contributed by atoms with Crippen LogP contribution in [0.4, 0.5) is 0 Å². The summed E-state index contributed by atoms with van der Waals surface area (Å²) < 4.78 is 5.26. The molecule has 0 saturated carbocycles. The molecule has 0 saturated heterocycles. The highest BCUT2D eigenvalue weighted by Gasteiger charge is 2.27. The van der Waals surface area contributed by atoms with E-state index in [2.05, 4.69) is 5.32 Å². The van der Waals surface area contributed by atoms with E-state index in [9.17, 15) is 9.59 Å². The molecule has 0 spiro atoms. The van der Waals surface area contributed by atoms with Gasteiger partial charge < -0.3 is 15.2 Å². The average Bonchev–Trinajstić information content (AvgIpc) is 2.10. The number of carbonyl (C=O) groups excluding carboxylic acids is 1. The van der Waals surface area contributed by atoms with Gasteiger partial charge in [0.1, 0.15) is 6.61 Å². The van der Waals surface area contributed by atoms with E-state index in [0.717, 1.165) is 0 Å². The molecular weight excluding hydrogens is 210 g/mol. The molecule has 94 valence electrons. The Kier molecular flexibility index (Phi) is 4.93. The minimum absolute atomic E-state index is 0.0564. The summed E-state index contributed by atoms with van der Waals surface area (Å²) in [5.41, 5.74) is -1.34. The van der Waals surface area contributed by atoms with E-state index in [-0.39, 0.29) is 24.7 Å². The number of carboxylic acid groups (broad SMARTS) is 1. The topological polar surface area (TPSA) is 75.6 Å². The number of carboxylic acids is 1. The molecule has 0 bridgehead atoms. The van der Waals surface area contributed by atoms with Crippen molar-refractivity contribution in [2.24, 2.45) is 5.41 Å². The van der Waals surface area contributed by atoms with Crippen LogP contribution in [0.1, 0.15) is 34.6 Å². The molecule has 0 radical (unpaired) electrons. The third kappa shape index (κ3) is 6.40. The Labute approximate surface area is 96.2 Å². The molecule has 0 aliphatic heterocycles. The van der Waals surface area contributed by atoms with Crippen LogP contribution in [0.2, 0.25) is 0 Å². The lowest BCUT2D eigenvalue weighted by molar-refractivity contribution is -0.147. The summed E-state index contributed by atoms with van der Waals surface area (Å²) in [6.07, 6.45) is 0. The van der Waals surface area contributed by atoms with Crippen LogP contribution in [0.5, 0.6) is 0 Å². The van der Waals surface area contributed by atoms with Crippen molar-refractivity contribution in [1.29, 1.82) is 0 Å². The lowest BCUT2D eigenvalue weighted by atomic mass is 9.94. The van der Waals surface area contributed by atoms with Crippen LogP contribution in [0.3, 0.4) is 0 Å². The summed E-state index contributed by atoms with van der Waals surface area (Å²) in [4.78, 5) is 22.1. The molecule has 0 aliphatic carbocycles. The molecule has 0 heterocycles. The molecular formula is C11H21NO4. The zero-order chi connectivity index (χ0) is 13.0. The molecule has 0 aromatic carbocycles. The molecule has 0 aliphatic rings. The van der Waals surface area contributed by atoms with Gasteiger partial charge >= 0.3 is 5.97 Å². The lowest BCUT2D eigenvalue weighted by Crippen LogP contribution is -2.41.